The van der Waals surface area contributed by atoms with Crippen LogP contribution in [0, 0.1) is 5.92 Å². The predicted octanol–water partition coefficient (Wildman–Crippen LogP) is 0.102. The van der Waals surface area contributed by atoms with Gasteiger partial charge in [0.15, 0.2) is 0 Å². The smallest absolute Gasteiger partial charge is 0.225 e. The summed E-state index contributed by atoms with van der Waals surface area (Å²) in [7, 11) is 0. The average molecular weight is 240 g/mol. The molecule has 2 aliphatic heterocycles. The molecule has 5 nitrogen and oxygen atoms in total. The van der Waals surface area contributed by atoms with Crippen LogP contribution in [-0.4, -0.2) is 60.5 Å². The van der Waals surface area contributed by atoms with Crippen molar-refractivity contribution in [3.05, 3.63) is 0 Å². The molecule has 0 aliphatic carbocycles. The van der Waals surface area contributed by atoms with Crippen molar-refractivity contribution in [3.8, 4) is 0 Å². The Morgan fingerprint density at radius 2 is 2.12 bits per heavy atom. The maximum Gasteiger partial charge on any atom is 0.225 e. The molecule has 2 saturated heterocycles. The van der Waals surface area contributed by atoms with E-state index < -0.39 is 0 Å². The van der Waals surface area contributed by atoms with E-state index in [9.17, 15) is 9.59 Å². The Bertz CT molecular complexity index is 313. The fourth-order valence-electron chi connectivity index (χ4n) is 2.06. The maximum atomic E-state index is 11.9. The molecular weight excluding hydrogens is 220 g/mol. The highest BCUT2D eigenvalue weighted by atomic mass is 16.6. The predicted molar refractivity (Wildman–Crippen MR) is 62.4 cm³/mol. The molecule has 96 valence electrons. The third kappa shape index (κ3) is 3.19. The van der Waals surface area contributed by atoms with E-state index in [1.54, 1.807) is 4.90 Å². The molecule has 0 bridgehead atoms. The highest BCUT2D eigenvalue weighted by Gasteiger charge is 2.30. The van der Waals surface area contributed by atoms with Crippen LogP contribution in [0.1, 0.15) is 20.3 Å². The summed E-state index contributed by atoms with van der Waals surface area (Å²) in [6, 6.07) is 0. The van der Waals surface area contributed by atoms with Crippen LogP contribution in [0.25, 0.3) is 0 Å². The Morgan fingerprint density at radius 3 is 2.71 bits per heavy atom. The van der Waals surface area contributed by atoms with Gasteiger partial charge in [0.2, 0.25) is 11.8 Å². The summed E-state index contributed by atoms with van der Waals surface area (Å²) >= 11 is 0. The number of ether oxygens (including phenoxy) is 1. The van der Waals surface area contributed by atoms with Crippen molar-refractivity contribution in [2.45, 2.75) is 26.4 Å². The molecule has 2 fully saturated rings. The number of epoxide rings is 1. The largest absolute Gasteiger partial charge is 0.371 e. The Morgan fingerprint density at radius 1 is 1.41 bits per heavy atom. The Labute approximate surface area is 102 Å². The van der Waals surface area contributed by atoms with Crippen molar-refractivity contribution in [3.63, 3.8) is 0 Å². The first-order chi connectivity index (χ1) is 8.08. The van der Waals surface area contributed by atoms with E-state index in [1.165, 1.54) is 0 Å². The summed E-state index contributed by atoms with van der Waals surface area (Å²) in [5.41, 5.74) is 0. The molecular formula is C12H20N2O3. The molecule has 2 heterocycles. The summed E-state index contributed by atoms with van der Waals surface area (Å²) in [5.74, 6) is 0.283. The van der Waals surface area contributed by atoms with E-state index in [0.717, 1.165) is 6.61 Å². The van der Waals surface area contributed by atoms with Crippen molar-refractivity contribution >= 4 is 11.8 Å². The molecule has 2 rings (SSSR count). The molecule has 17 heavy (non-hydrogen) atoms. The van der Waals surface area contributed by atoms with Gasteiger partial charge in [0.25, 0.3) is 0 Å². The fraction of sp³-hybridized carbons (Fsp3) is 0.833. The standard InChI is InChI=1S/C12H20N2O3/c1-9(2)12(16)13-4-3-11(15)14(6-5-13)7-10-8-17-10/h9-10H,3-8H2,1-2H3/t10-/m1/s1. The fourth-order valence-corrected chi connectivity index (χ4v) is 2.06. The minimum atomic E-state index is 0.00316. The lowest BCUT2D eigenvalue weighted by molar-refractivity contribution is -0.134. The van der Waals surface area contributed by atoms with E-state index in [0.29, 0.717) is 32.6 Å². The van der Waals surface area contributed by atoms with E-state index >= 15 is 0 Å². The van der Waals surface area contributed by atoms with Crippen LogP contribution in [0.3, 0.4) is 0 Å². The van der Waals surface area contributed by atoms with Gasteiger partial charge in [-0.25, -0.2) is 0 Å². The molecule has 0 N–H and O–H groups in total. The summed E-state index contributed by atoms with van der Waals surface area (Å²) in [4.78, 5) is 27.3. The zero-order valence-electron chi connectivity index (χ0n) is 10.5. The molecule has 0 aromatic heterocycles. The second kappa shape index (κ2) is 5.04. The molecule has 0 saturated carbocycles. The number of rotatable bonds is 3. The Balaban J connectivity index is 1.90. The van der Waals surface area contributed by atoms with Crippen molar-refractivity contribution in [1.82, 2.24) is 9.80 Å². The van der Waals surface area contributed by atoms with Gasteiger partial charge in [-0.05, 0) is 0 Å². The quantitative estimate of drug-likeness (QED) is 0.658. The summed E-state index contributed by atoms with van der Waals surface area (Å²) in [6.45, 7) is 7.07. The first-order valence-corrected chi connectivity index (χ1v) is 6.26. The molecule has 0 aromatic carbocycles. The van der Waals surface area contributed by atoms with Crippen LogP contribution in [0.15, 0.2) is 0 Å². The second-order valence-corrected chi connectivity index (χ2v) is 5.03. The third-order valence-electron chi connectivity index (χ3n) is 3.22. The van der Waals surface area contributed by atoms with Crippen molar-refractivity contribution in [2.24, 2.45) is 5.92 Å². The topological polar surface area (TPSA) is 53.2 Å². The van der Waals surface area contributed by atoms with Gasteiger partial charge in [-0.2, -0.15) is 0 Å². The van der Waals surface area contributed by atoms with Crippen molar-refractivity contribution in [1.29, 1.82) is 0 Å². The number of hydrogen-bond donors (Lipinski definition) is 0. The molecule has 0 unspecified atom stereocenters. The lowest BCUT2D eigenvalue weighted by Crippen LogP contribution is -2.38. The summed E-state index contributed by atoms with van der Waals surface area (Å²) in [6.07, 6.45) is 0.664. The van der Waals surface area contributed by atoms with Gasteiger partial charge < -0.3 is 14.5 Å². The SMILES string of the molecule is CC(C)C(=O)N1CCC(=O)N(C[C@@H]2CO2)CC1. The Kier molecular flexibility index (Phi) is 3.66. The molecule has 0 spiro atoms. The van der Waals surface area contributed by atoms with Gasteiger partial charge in [-0.15, -0.1) is 0 Å². The van der Waals surface area contributed by atoms with E-state index in [-0.39, 0.29) is 23.8 Å². The molecule has 0 aromatic rings. The van der Waals surface area contributed by atoms with Gasteiger partial charge in [0, 0.05) is 38.5 Å². The van der Waals surface area contributed by atoms with Gasteiger partial charge in [0.1, 0.15) is 0 Å². The monoisotopic (exact) mass is 240 g/mol. The molecule has 2 aliphatic rings. The highest BCUT2D eigenvalue weighted by Crippen LogP contribution is 2.14. The minimum Gasteiger partial charge on any atom is -0.371 e. The Hall–Kier alpha value is -1.10. The van der Waals surface area contributed by atoms with Crippen LogP contribution in [0.4, 0.5) is 0 Å². The first-order valence-electron chi connectivity index (χ1n) is 6.26. The van der Waals surface area contributed by atoms with Gasteiger partial charge >= 0.3 is 0 Å². The number of carbonyl (C=O) groups excluding carboxylic acids is 2. The molecule has 5 heteroatoms. The van der Waals surface area contributed by atoms with Gasteiger partial charge in [-0.1, -0.05) is 13.8 Å². The normalized spacial score (nSPS) is 25.1. The third-order valence-corrected chi connectivity index (χ3v) is 3.22. The van der Waals surface area contributed by atoms with Gasteiger partial charge in [-0.3, -0.25) is 9.59 Å². The van der Waals surface area contributed by atoms with Crippen molar-refractivity contribution in [2.75, 3.05) is 32.8 Å². The van der Waals surface area contributed by atoms with Crippen molar-refractivity contribution < 1.29 is 14.3 Å². The summed E-state index contributed by atoms with van der Waals surface area (Å²) in [5, 5.41) is 0. The number of carbonyl (C=O) groups is 2. The van der Waals surface area contributed by atoms with E-state index in [4.69, 9.17) is 4.74 Å². The zero-order valence-corrected chi connectivity index (χ0v) is 10.5. The zero-order chi connectivity index (χ0) is 12.4. The number of nitrogens with zero attached hydrogens (tertiary/aromatic N) is 2. The lowest BCUT2D eigenvalue weighted by Gasteiger charge is -2.23. The molecule has 0 radical (unpaired) electrons. The van der Waals surface area contributed by atoms with Crippen LogP contribution in [-0.2, 0) is 14.3 Å². The molecule has 2 amide bonds. The van der Waals surface area contributed by atoms with Crippen LogP contribution >= 0.6 is 0 Å². The van der Waals surface area contributed by atoms with Crippen LogP contribution in [0.5, 0.6) is 0 Å². The van der Waals surface area contributed by atoms with E-state index in [1.807, 2.05) is 18.7 Å². The highest BCUT2D eigenvalue weighted by molar-refractivity contribution is 5.81. The lowest BCUT2D eigenvalue weighted by atomic mass is 10.2. The van der Waals surface area contributed by atoms with Crippen LogP contribution < -0.4 is 0 Å². The molecule has 1 atom stereocenters. The first kappa shape index (κ1) is 12.4. The minimum absolute atomic E-state index is 0.00316. The van der Waals surface area contributed by atoms with E-state index in [2.05, 4.69) is 0 Å². The average Bonchev–Trinajstić information content (AvgIpc) is 3.10. The number of hydrogen-bond acceptors (Lipinski definition) is 3. The maximum absolute atomic E-state index is 11.9. The second-order valence-electron chi connectivity index (χ2n) is 5.03. The van der Waals surface area contributed by atoms with Gasteiger partial charge in [0.05, 0.1) is 12.7 Å². The van der Waals surface area contributed by atoms with Crippen LogP contribution in [0.2, 0.25) is 0 Å². The number of amides is 2. The summed E-state index contributed by atoms with van der Waals surface area (Å²) < 4.78 is 5.14.